The number of likely N-dealkylation sites (N-methyl/N-ethyl adjacent to an activating group) is 1. The first-order chi connectivity index (χ1) is 14.1. The highest BCUT2D eigenvalue weighted by Crippen LogP contribution is 2.29. The van der Waals surface area contributed by atoms with E-state index in [1.54, 1.807) is 13.2 Å². The Morgan fingerprint density at radius 3 is 2.33 bits per heavy atom. The highest BCUT2D eigenvalue weighted by atomic mass is 127. The van der Waals surface area contributed by atoms with E-state index in [1.807, 2.05) is 25.1 Å². The minimum atomic E-state index is 0. The maximum Gasteiger partial charge on any atom is 0.191 e. The lowest BCUT2D eigenvalue weighted by Crippen LogP contribution is -2.43. The van der Waals surface area contributed by atoms with Crippen LogP contribution in [0.3, 0.4) is 0 Å². The molecule has 166 valence electrons. The van der Waals surface area contributed by atoms with Gasteiger partial charge in [-0.3, -0.25) is 4.90 Å². The van der Waals surface area contributed by atoms with Crippen molar-refractivity contribution >= 4 is 29.9 Å². The van der Waals surface area contributed by atoms with Crippen LogP contribution in [0.1, 0.15) is 37.9 Å². The van der Waals surface area contributed by atoms with Crippen LogP contribution in [-0.2, 0) is 6.54 Å². The van der Waals surface area contributed by atoms with E-state index in [4.69, 9.17) is 4.74 Å². The molecule has 0 aliphatic rings. The molecule has 0 bridgehead atoms. The number of benzene rings is 2. The standard InChI is InChI=1S/C23H34N4O2.HI/c1-5-24-23(25-16-19-14-11-15-21(29-4)22(19)28)26-17-20(27(6-2)7-3)18-12-9-8-10-13-18;/h8-15,20,28H,5-7,16-17H2,1-4H3,(H2,24,25,26);1H. The molecule has 0 spiro atoms. The number of nitrogens with one attached hydrogen (secondary N) is 2. The Morgan fingerprint density at radius 2 is 1.73 bits per heavy atom. The van der Waals surface area contributed by atoms with Crippen LogP contribution >= 0.6 is 24.0 Å². The Labute approximate surface area is 197 Å². The summed E-state index contributed by atoms with van der Waals surface area (Å²) in [7, 11) is 1.55. The lowest BCUT2D eigenvalue weighted by atomic mass is 10.1. The summed E-state index contributed by atoms with van der Waals surface area (Å²) in [6, 6.07) is 16.2. The van der Waals surface area contributed by atoms with E-state index in [1.165, 1.54) is 5.56 Å². The molecule has 2 rings (SSSR count). The quantitative estimate of drug-likeness (QED) is 0.247. The second-order valence-electron chi connectivity index (χ2n) is 6.69. The van der Waals surface area contributed by atoms with Gasteiger partial charge in [0.2, 0.25) is 0 Å². The second kappa shape index (κ2) is 14.1. The van der Waals surface area contributed by atoms with Crippen molar-refractivity contribution in [2.45, 2.75) is 33.4 Å². The fourth-order valence-electron chi connectivity index (χ4n) is 3.36. The van der Waals surface area contributed by atoms with Gasteiger partial charge in [-0.15, -0.1) is 24.0 Å². The zero-order valence-corrected chi connectivity index (χ0v) is 20.7. The average molecular weight is 526 g/mol. The number of nitrogens with zero attached hydrogens (tertiary/aromatic N) is 2. The Balaban J connectivity index is 0.00000450. The molecule has 7 heteroatoms. The van der Waals surface area contributed by atoms with Gasteiger partial charge in [0.25, 0.3) is 0 Å². The first-order valence-electron chi connectivity index (χ1n) is 10.3. The van der Waals surface area contributed by atoms with E-state index in [-0.39, 0.29) is 35.8 Å². The smallest absolute Gasteiger partial charge is 0.191 e. The number of hydrogen-bond donors (Lipinski definition) is 3. The second-order valence-corrected chi connectivity index (χ2v) is 6.69. The van der Waals surface area contributed by atoms with Crippen LogP contribution in [0, 0.1) is 0 Å². The number of phenolic OH excluding ortho intramolecular Hbond substituents is 1. The third kappa shape index (κ3) is 7.36. The third-order valence-corrected chi connectivity index (χ3v) is 4.95. The maximum atomic E-state index is 10.3. The fraction of sp³-hybridized carbons (Fsp3) is 0.435. The van der Waals surface area contributed by atoms with Gasteiger partial charge in [-0.1, -0.05) is 56.3 Å². The van der Waals surface area contributed by atoms with Crippen molar-refractivity contribution in [3.63, 3.8) is 0 Å². The molecule has 0 aromatic heterocycles. The van der Waals surface area contributed by atoms with E-state index in [0.717, 1.165) is 37.7 Å². The molecule has 0 aliphatic carbocycles. The number of guanidine groups is 1. The third-order valence-electron chi connectivity index (χ3n) is 4.95. The molecule has 3 N–H and O–H groups in total. The Kier molecular flexibility index (Phi) is 12.2. The van der Waals surface area contributed by atoms with Gasteiger partial charge in [0.05, 0.1) is 19.7 Å². The van der Waals surface area contributed by atoms with Crippen molar-refractivity contribution in [3.8, 4) is 11.5 Å². The molecular weight excluding hydrogens is 491 g/mol. The molecule has 1 atom stereocenters. The predicted molar refractivity (Wildman–Crippen MR) is 135 cm³/mol. The van der Waals surface area contributed by atoms with Crippen molar-refractivity contribution in [2.24, 2.45) is 4.99 Å². The number of rotatable bonds is 10. The van der Waals surface area contributed by atoms with E-state index >= 15 is 0 Å². The topological polar surface area (TPSA) is 69.1 Å². The van der Waals surface area contributed by atoms with Crippen LogP contribution in [-0.4, -0.2) is 49.3 Å². The summed E-state index contributed by atoms with van der Waals surface area (Å²) in [5.41, 5.74) is 2.01. The van der Waals surface area contributed by atoms with Gasteiger partial charge in [-0.2, -0.15) is 0 Å². The molecule has 0 aliphatic heterocycles. The van der Waals surface area contributed by atoms with E-state index in [9.17, 15) is 5.11 Å². The Bertz CT molecular complexity index is 767. The number of halogens is 1. The molecule has 30 heavy (non-hydrogen) atoms. The number of hydrogen-bond acceptors (Lipinski definition) is 4. The summed E-state index contributed by atoms with van der Waals surface area (Å²) < 4.78 is 5.18. The Morgan fingerprint density at radius 1 is 1.03 bits per heavy atom. The predicted octanol–water partition coefficient (Wildman–Crippen LogP) is 4.16. The van der Waals surface area contributed by atoms with Crippen molar-refractivity contribution in [3.05, 3.63) is 59.7 Å². The molecule has 0 saturated carbocycles. The molecule has 0 fully saturated rings. The molecular formula is C23H35IN4O2. The number of ether oxygens (including phenoxy) is 1. The number of aliphatic imine (C=N–C) groups is 1. The van der Waals surface area contributed by atoms with Gasteiger partial charge in [0.15, 0.2) is 17.5 Å². The van der Waals surface area contributed by atoms with Crippen LogP contribution in [0.15, 0.2) is 53.5 Å². The first kappa shape index (κ1) is 26.0. The number of methoxy groups -OCH3 is 1. The lowest BCUT2D eigenvalue weighted by Gasteiger charge is -2.30. The van der Waals surface area contributed by atoms with Crippen molar-refractivity contribution < 1.29 is 9.84 Å². The van der Waals surface area contributed by atoms with E-state index < -0.39 is 0 Å². The highest BCUT2D eigenvalue weighted by Gasteiger charge is 2.18. The van der Waals surface area contributed by atoms with Gasteiger partial charge in [0.1, 0.15) is 0 Å². The van der Waals surface area contributed by atoms with Crippen LogP contribution in [0.4, 0.5) is 0 Å². The first-order valence-corrected chi connectivity index (χ1v) is 10.3. The summed E-state index contributed by atoms with van der Waals surface area (Å²) in [5, 5.41) is 17.1. The van der Waals surface area contributed by atoms with Gasteiger partial charge in [-0.05, 0) is 31.6 Å². The molecule has 2 aromatic carbocycles. The summed E-state index contributed by atoms with van der Waals surface area (Å²) >= 11 is 0. The van der Waals surface area contributed by atoms with Crippen molar-refractivity contribution in [1.82, 2.24) is 15.5 Å². The number of para-hydroxylation sites is 1. The molecule has 0 heterocycles. The highest BCUT2D eigenvalue weighted by molar-refractivity contribution is 14.0. The zero-order chi connectivity index (χ0) is 21.1. The summed E-state index contributed by atoms with van der Waals surface area (Å²) in [6.45, 7) is 10.2. The molecule has 0 amide bonds. The van der Waals surface area contributed by atoms with Crippen LogP contribution < -0.4 is 15.4 Å². The normalized spacial score (nSPS) is 12.2. The van der Waals surface area contributed by atoms with E-state index in [2.05, 4.69) is 58.6 Å². The van der Waals surface area contributed by atoms with Crippen LogP contribution in [0.5, 0.6) is 11.5 Å². The van der Waals surface area contributed by atoms with Gasteiger partial charge < -0.3 is 20.5 Å². The maximum absolute atomic E-state index is 10.3. The van der Waals surface area contributed by atoms with Gasteiger partial charge >= 0.3 is 0 Å². The molecule has 6 nitrogen and oxygen atoms in total. The monoisotopic (exact) mass is 526 g/mol. The fourth-order valence-corrected chi connectivity index (χ4v) is 3.36. The van der Waals surface area contributed by atoms with Crippen molar-refractivity contribution in [1.29, 1.82) is 0 Å². The SMILES string of the molecule is CCNC(=NCc1cccc(OC)c1O)NCC(c1ccccc1)N(CC)CC.I. The van der Waals surface area contributed by atoms with E-state index in [0.29, 0.717) is 12.3 Å². The number of phenols is 1. The van der Waals surface area contributed by atoms with Crippen LogP contribution in [0.25, 0.3) is 0 Å². The summed E-state index contributed by atoms with van der Waals surface area (Å²) in [6.07, 6.45) is 0. The minimum absolute atomic E-state index is 0. The molecule has 2 aromatic rings. The average Bonchev–Trinajstić information content (AvgIpc) is 2.76. The molecule has 1 unspecified atom stereocenters. The largest absolute Gasteiger partial charge is 0.504 e. The molecule has 0 saturated heterocycles. The zero-order valence-electron chi connectivity index (χ0n) is 18.4. The summed E-state index contributed by atoms with van der Waals surface area (Å²) in [4.78, 5) is 7.09. The minimum Gasteiger partial charge on any atom is -0.504 e. The van der Waals surface area contributed by atoms with Crippen LogP contribution in [0.2, 0.25) is 0 Å². The summed E-state index contributed by atoms with van der Waals surface area (Å²) in [5.74, 6) is 1.32. The lowest BCUT2D eigenvalue weighted by molar-refractivity contribution is 0.219. The van der Waals surface area contributed by atoms with Gasteiger partial charge in [-0.25, -0.2) is 4.99 Å². The van der Waals surface area contributed by atoms with Gasteiger partial charge in [0, 0.05) is 18.7 Å². The van der Waals surface area contributed by atoms with Crippen molar-refractivity contribution in [2.75, 3.05) is 33.3 Å². The Hall–Kier alpha value is -2.00. The number of aromatic hydroxyl groups is 1. The molecule has 0 radical (unpaired) electrons.